The van der Waals surface area contributed by atoms with Crippen molar-refractivity contribution in [2.45, 2.75) is 51.0 Å². The molecule has 2 aromatic carbocycles. The van der Waals surface area contributed by atoms with Crippen LogP contribution in [-0.4, -0.2) is 61.8 Å². The quantitative estimate of drug-likeness (QED) is 0.462. The molecule has 0 atom stereocenters. The number of rotatable bonds is 7. The van der Waals surface area contributed by atoms with E-state index in [1.54, 1.807) is 24.3 Å². The van der Waals surface area contributed by atoms with E-state index in [4.69, 9.17) is 16.3 Å². The molecule has 2 N–H and O–H groups in total. The Hall–Kier alpha value is -2.61. The summed E-state index contributed by atoms with van der Waals surface area (Å²) < 4.78 is 5.52. The first kappa shape index (κ1) is 26.6. The predicted octanol–water partition coefficient (Wildman–Crippen LogP) is 5.72. The third kappa shape index (κ3) is 5.96. The van der Waals surface area contributed by atoms with Crippen LogP contribution in [0.3, 0.4) is 0 Å². The standard InChI is InChI=1S/C31H39ClN4O3/c1-21-14-25(29(37)33-27-5-3-26(32)4-6-27)2-7-28(21)36(9-8-35-10-12-39-13-11-35)30(38)34-31-18-22-15-23(19-31)17-24(16-22)20-31/h2-7,14,22-24H,8-13,15-20H2,1H3,(H,33,37)(H,34,38). The minimum atomic E-state index is -0.190. The average molecular weight is 551 g/mol. The smallest absolute Gasteiger partial charge is 0.322 e. The molecule has 4 bridgehead atoms. The number of morpholine rings is 1. The highest BCUT2D eigenvalue weighted by Gasteiger charge is 2.52. The molecule has 8 heteroatoms. The van der Waals surface area contributed by atoms with Crippen LogP contribution in [-0.2, 0) is 4.74 Å². The van der Waals surface area contributed by atoms with E-state index in [0.717, 1.165) is 81.1 Å². The van der Waals surface area contributed by atoms with Crippen molar-refractivity contribution >= 4 is 34.9 Å². The number of halogens is 1. The fraction of sp³-hybridized carbons (Fsp3) is 0.548. The molecule has 3 amide bonds. The molecule has 39 heavy (non-hydrogen) atoms. The number of ether oxygens (including phenoxy) is 1. The molecule has 4 aliphatic carbocycles. The Balaban J connectivity index is 1.20. The van der Waals surface area contributed by atoms with Gasteiger partial charge in [0, 0.05) is 53.7 Å². The van der Waals surface area contributed by atoms with Crippen LogP contribution in [0, 0.1) is 24.7 Å². The summed E-state index contributed by atoms with van der Waals surface area (Å²) in [5, 5.41) is 7.12. The van der Waals surface area contributed by atoms with Gasteiger partial charge in [0.25, 0.3) is 5.91 Å². The minimum absolute atomic E-state index is 0.00771. The second kappa shape index (κ2) is 11.1. The number of carbonyl (C=O) groups excluding carboxylic acids is 2. The molecule has 0 radical (unpaired) electrons. The topological polar surface area (TPSA) is 73.9 Å². The van der Waals surface area contributed by atoms with Crippen molar-refractivity contribution in [1.82, 2.24) is 10.2 Å². The van der Waals surface area contributed by atoms with Crippen LogP contribution in [0.25, 0.3) is 0 Å². The highest BCUT2D eigenvalue weighted by Crippen LogP contribution is 2.55. The molecular formula is C31H39ClN4O3. The molecule has 5 aliphatic rings. The molecule has 0 aromatic heterocycles. The Morgan fingerprint density at radius 3 is 2.26 bits per heavy atom. The Morgan fingerprint density at radius 1 is 1.00 bits per heavy atom. The minimum Gasteiger partial charge on any atom is -0.379 e. The van der Waals surface area contributed by atoms with Crippen LogP contribution < -0.4 is 15.5 Å². The molecule has 2 aromatic rings. The lowest BCUT2D eigenvalue weighted by Crippen LogP contribution is -2.62. The van der Waals surface area contributed by atoms with Crippen molar-refractivity contribution in [2.75, 3.05) is 49.6 Å². The zero-order valence-electron chi connectivity index (χ0n) is 22.8. The number of benzene rings is 2. The molecule has 0 spiro atoms. The zero-order valence-corrected chi connectivity index (χ0v) is 23.5. The normalized spacial score (nSPS) is 27.8. The van der Waals surface area contributed by atoms with Gasteiger partial charge in [-0.25, -0.2) is 4.79 Å². The second-order valence-electron chi connectivity index (χ2n) is 12.2. The number of anilines is 2. The van der Waals surface area contributed by atoms with Gasteiger partial charge in [0.1, 0.15) is 0 Å². The molecule has 208 valence electrons. The fourth-order valence-corrected chi connectivity index (χ4v) is 7.92. The van der Waals surface area contributed by atoms with Crippen molar-refractivity contribution in [1.29, 1.82) is 0 Å². The first-order valence-electron chi connectivity index (χ1n) is 14.4. The van der Waals surface area contributed by atoms with E-state index in [1.165, 1.54) is 19.3 Å². The van der Waals surface area contributed by atoms with Gasteiger partial charge < -0.3 is 15.4 Å². The number of amides is 3. The predicted molar refractivity (Wildman–Crippen MR) is 155 cm³/mol. The summed E-state index contributed by atoms with van der Waals surface area (Å²) >= 11 is 5.97. The average Bonchev–Trinajstić information content (AvgIpc) is 2.90. The van der Waals surface area contributed by atoms with Crippen LogP contribution in [0.15, 0.2) is 42.5 Å². The van der Waals surface area contributed by atoms with Gasteiger partial charge in [-0.3, -0.25) is 14.6 Å². The number of carbonyl (C=O) groups is 2. The summed E-state index contributed by atoms with van der Waals surface area (Å²) in [4.78, 5) is 31.2. The molecule has 4 saturated carbocycles. The Labute approximate surface area is 236 Å². The first-order valence-corrected chi connectivity index (χ1v) is 14.8. The van der Waals surface area contributed by atoms with E-state index in [9.17, 15) is 9.59 Å². The largest absolute Gasteiger partial charge is 0.379 e. The first-order chi connectivity index (χ1) is 18.9. The molecule has 1 heterocycles. The van der Waals surface area contributed by atoms with Gasteiger partial charge in [-0.15, -0.1) is 0 Å². The molecule has 7 rings (SSSR count). The highest BCUT2D eigenvalue weighted by molar-refractivity contribution is 6.30. The second-order valence-corrected chi connectivity index (χ2v) is 12.6. The maximum absolute atomic E-state index is 14.0. The van der Waals surface area contributed by atoms with E-state index >= 15 is 0 Å². The van der Waals surface area contributed by atoms with Gasteiger partial charge in [-0.2, -0.15) is 0 Å². The van der Waals surface area contributed by atoms with Crippen LogP contribution in [0.2, 0.25) is 5.02 Å². The number of nitrogens with one attached hydrogen (secondary N) is 2. The monoisotopic (exact) mass is 550 g/mol. The Kier molecular flexibility index (Phi) is 7.58. The summed E-state index contributed by atoms with van der Waals surface area (Å²) in [5.41, 5.74) is 2.94. The van der Waals surface area contributed by atoms with Crippen molar-refractivity contribution in [2.24, 2.45) is 17.8 Å². The van der Waals surface area contributed by atoms with Crippen molar-refractivity contribution in [3.05, 3.63) is 58.6 Å². The summed E-state index contributed by atoms with van der Waals surface area (Å²) in [7, 11) is 0. The van der Waals surface area contributed by atoms with Gasteiger partial charge in [-0.05, 0) is 111 Å². The third-order valence-corrected chi connectivity index (χ3v) is 9.50. The number of aryl methyl sites for hydroxylation is 1. The molecule has 1 aliphatic heterocycles. The number of hydrogen-bond acceptors (Lipinski definition) is 4. The SMILES string of the molecule is Cc1cc(C(=O)Nc2ccc(Cl)cc2)ccc1N(CCN1CCOCC1)C(=O)NC12CC3CC(CC(C3)C1)C2. The molecule has 0 unspecified atom stereocenters. The van der Waals surface area contributed by atoms with Crippen molar-refractivity contribution in [3.8, 4) is 0 Å². The highest BCUT2D eigenvalue weighted by atomic mass is 35.5. The van der Waals surface area contributed by atoms with Gasteiger partial charge in [-0.1, -0.05) is 11.6 Å². The zero-order chi connectivity index (χ0) is 27.0. The lowest BCUT2D eigenvalue weighted by atomic mass is 9.53. The van der Waals surface area contributed by atoms with Gasteiger partial charge >= 0.3 is 6.03 Å². The summed E-state index contributed by atoms with van der Waals surface area (Å²) in [6.07, 6.45) is 7.37. The van der Waals surface area contributed by atoms with Crippen molar-refractivity contribution in [3.63, 3.8) is 0 Å². The van der Waals surface area contributed by atoms with Crippen LogP contribution in [0.4, 0.5) is 16.2 Å². The summed E-state index contributed by atoms with van der Waals surface area (Å²) in [6, 6.07) is 12.7. The molecule has 5 fully saturated rings. The van der Waals surface area contributed by atoms with E-state index in [2.05, 4.69) is 15.5 Å². The van der Waals surface area contributed by atoms with Crippen LogP contribution >= 0.6 is 11.6 Å². The molecule has 1 saturated heterocycles. The fourth-order valence-electron chi connectivity index (χ4n) is 7.79. The molecule has 7 nitrogen and oxygen atoms in total. The maximum Gasteiger partial charge on any atom is 0.322 e. The van der Waals surface area contributed by atoms with E-state index in [1.807, 2.05) is 30.0 Å². The lowest BCUT2D eigenvalue weighted by Gasteiger charge is -2.57. The number of hydrogen-bond donors (Lipinski definition) is 2. The summed E-state index contributed by atoms with van der Waals surface area (Å²) in [6.45, 7) is 6.59. The Morgan fingerprint density at radius 2 is 1.64 bits per heavy atom. The maximum atomic E-state index is 14.0. The third-order valence-electron chi connectivity index (χ3n) is 9.25. The van der Waals surface area contributed by atoms with Crippen LogP contribution in [0.5, 0.6) is 0 Å². The number of nitrogens with zero attached hydrogens (tertiary/aromatic N) is 2. The number of urea groups is 1. The lowest BCUT2D eigenvalue weighted by molar-refractivity contribution is -0.0131. The van der Waals surface area contributed by atoms with Crippen molar-refractivity contribution < 1.29 is 14.3 Å². The van der Waals surface area contributed by atoms with E-state index in [-0.39, 0.29) is 17.5 Å². The summed E-state index contributed by atoms with van der Waals surface area (Å²) in [5.74, 6) is 2.10. The van der Waals surface area contributed by atoms with Gasteiger partial charge in [0.2, 0.25) is 0 Å². The van der Waals surface area contributed by atoms with Gasteiger partial charge in [0.15, 0.2) is 0 Å². The Bertz CT molecular complexity index is 1180. The van der Waals surface area contributed by atoms with Crippen LogP contribution in [0.1, 0.15) is 54.4 Å². The van der Waals surface area contributed by atoms with E-state index in [0.29, 0.717) is 22.8 Å². The van der Waals surface area contributed by atoms with Gasteiger partial charge in [0.05, 0.1) is 13.2 Å². The van der Waals surface area contributed by atoms with E-state index < -0.39 is 0 Å². The molecular weight excluding hydrogens is 512 g/mol.